The van der Waals surface area contributed by atoms with Crippen LogP contribution in [0.25, 0.3) is 0 Å². The van der Waals surface area contributed by atoms with Gasteiger partial charge in [-0.25, -0.2) is 4.39 Å². The quantitative estimate of drug-likeness (QED) is 0.332. The highest BCUT2D eigenvalue weighted by molar-refractivity contribution is 5.14. The van der Waals surface area contributed by atoms with Crippen LogP contribution < -0.4 is 0 Å². The summed E-state index contributed by atoms with van der Waals surface area (Å²) in [5, 5.41) is 0. The topological polar surface area (TPSA) is 9.23 Å². The van der Waals surface area contributed by atoms with Gasteiger partial charge in [0.15, 0.2) is 6.67 Å². The second-order valence-electron chi connectivity index (χ2n) is 5.34. The molecule has 0 spiro atoms. The first-order valence-electron chi connectivity index (χ1n) is 6.37. The van der Waals surface area contributed by atoms with Gasteiger partial charge in [-0.15, -0.1) is 0 Å². The monoisotopic (exact) mass is 518 g/mol. The molecule has 0 radical (unpaired) electrons. The van der Waals surface area contributed by atoms with Crippen LogP contribution in [0.1, 0.15) is 0 Å². The van der Waals surface area contributed by atoms with E-state index < -0.39 is 60.6 Å². The molecular formula is C10H2F20O. The summed E-state index contributed by atoms with van der Waals surface area (Å²) >= 11 is 0. The van der Waals surface area contributed by atoms with E-state index in [2.05, 4.69) is 0 Å². The fourth-order valence-corrected chi connectivity index (χ4v) is 1.50. The van der Waals surface area contributed by atoms with E-state index in [0.29, 0.717) is 0 Å². The van der Waals surface area contributed by atoms with Gasteiger partial charge >= 0.3 is 53.9 Å². The van der Waals surface area contributed by atoms with Crippen LogP contribution in [-0.2, 0) is 4.74 Å². The van der Waals surface area contributed by atoms with Gasteiger partial charge in [-0.05, 0) is 0 Å². The molecule has 1 nitrogen and oxygen atoms in total. The lowest BCUT2D eigenvalue weighted by molar-refractivity contribution is -0.507. The van der Waals surface area contributed by atoms with Crippen molar-refractivity contribution in [3.8, 4) is 0 Å². The third kappa shape index (κ3) is 4.05. The third-order valence-electron chi connectivity index (χ3n) is 3.15. The second kappa shape index (κ2) is 7.29. The molecule has 0 rings (SSSR count). The van der Waals surface area contributed by atoms with E-state index in [-0.39, 0.29) is 0 Å². The number of alkyl halides is 20. The van der Waals surface area contributed by atoms with Gasteiger partial charge in [0.2, 0.25) is 0 Å². The van der Waals surface area contributed by atoms with Gasteiger partial charge in [0.1, 0.15) is 0 Å². The number of ether oxygens (including phenoxy) is 1. The minimum absolute atomic E-state index is 1.43. The lowest BCUT2D eigenvalue weighted by atomic mass is 9.90. The van der Waals surface area contributed by atoms with Crippen LogP contribution in [0.3, 0.4) is 0 Å². The van der Waals surface area contributed by atoms with E-state index in [1.54, 1.807) is 0 Å². The maximum absolute atomic E-state index is 13.5. The Balaban J connectivity index is 6.98. The number of hydrogen-bond acceptors (Lipinski definition) is 1. The molecule has 0 bridgehead atoms. The molecule has 0 saturated carbocycles. The molecule has 0 fully saturated rings. The van der Waals surface area contributed by atoms with Crippen molar-refractivity contribution in [3.05, 3.63) is 0 Å². The summed E-state index contributed by atoms with van der Waals surface area (Å²) in [5.41, 5.74) is 0. The predicted octanol–water partition coefficient (Wildman–Crippen LogP) is 6.53. The molecule has 0 heterocycles. The van der Waals surface area contributed by atoms with E-state index in [0.717, 1.165) is 0 Å². The van der Waals surface area contributed by atoms with Crippen LogP contribution >= 0.6 is 0 Å². The Morgan fingerprint density at radius 1 is 0.387 bits per heavy atom. The lowest BCUT2D eigenvalue weighted by Crippen LogP contribution is -2.76. The molecule has 0 aromatic rings. The van der Waals surface area contributed by atoms with Crippen LogP contribution in [0.5, 0.6) is 0 Å². The fourth-order valence-electron chi connectivity index (χ4n) is 1.50. The fraction of sp³-hybridized carbons (Fsp3) is 1.00. The van der Waals surface area contributed by atoms with E-state index in [9.17, 15) is 87.8 Å². The number of halogens is 20. The molecule has 21 heteroatoms. The molecule has 1 unspecified atom stereocenters. The highest BCUT2D eigenvalue weighted by Gasteiger charge is 2.96. The zero-order valence-electron chi connectivity index (χ0n) is 13.2. The molecule has 0 aliphatic heterocycles. The largest absolute Gasteiger partial charge is 0.460 e. The van der Waals surface area contributed by atoms with Gasteiger partial charge in [-0.1, -0.05) is 0 Å². The van der Waals surface area contributed by atoms with Crippen molar-refractivity contribution in [2.45, 2.75) is 53.9 Å². The molecule has 0 aliphatic carbocycles. The van der Waals surface area contributed by atoms with Crippen LogP contribution in [0.15, 0.2) is 0 Å². The molecule has 1 atom stereocenters. The van der Waals surface area contributed by atoms with Gasteiger partial charge in [0, 0.05) is 0 Å². The molecule has 188 valence electrons. The summed E-state index contributed by atoms with van der Waals surface area (Å²) < 4.78 is 255. The molecular weight excluding hydrogens is 516 g/mol. The third-order valence-corrected chi connectivity index (χ3v) is 3.15. The van der Waals surface area contributed by atoms with Crippen LogP contribution in [0.4, 0.5) is 87.8 Å². The minimum Gasteiger partial charge on any atom is -0.267 e. The first-order valence-corrected chi connectivity index (χ1v) is 6.37. The maximum Gasteiger partial charge on any atom is 0.460 e. The van der Waals surface area contributed by atoms with Gasteiger partial charge in [-0.2, -0.15) is 83.4 Å². The summed E-state index contributed by atoms with van der Waals surface area (Å²) in [6.07, 6.45) is -22.5. The van der Waals surface area contributed by atoms with Gasteiger partial charge in [0.25, 0.3) is 0 Å². The zero-order valence-corrected chi connectivity index (χ0v) is 13.2. The Morgan fingerprint density at radius 3 is 0.935 bits per heavy atom. The standard InChI is InChI=1S/C10H2F20O/c11-1-2(12,13)31-8(24,10(28,29)30)6(20,21)4(16,17)3(14,15)5(18,19)7(22,23)9(25,26)27/h1H2. The molecule has 31 heavy (non-hydrogen) atoms. The highest BCUT2D eigenvalue weighted by atomic mass is 19.4. The normalized spacial score (nSPS) is 18.2. The highest BCUT2D eigenvalue weighted by Crippen LogP contribution is 2.64. The molecule has 0 amide bonds. The lowest BCUT2D eigenvalue weighted by Gasteiger charge is -2.44. The summed E-state index contributed by atoms with van der Waals surface area (Å²) in [5.74, 6) is -52.0. The molecule has 0 aromatic heterocycles. The number of rotatable bonds is 8. The smallest absolute Gasteiger partial charge is 0.267 e. The molecule has 0 N–H and O–H groups in total. The summed E-state index contributed by atoms with van der Waals surface area (Å²) in [4.78, 5) is 0. The van der Waals surface area contributed by atoms with Crippen molar-refractivity contribution in [1.29, 1.82) is 0 Å². The molecule has 0 saturated heterocycles. The van der Waals surface area contributed by atoms with Crippen LogP contribution in [-0.4, -0.2) is 60.6 Å². The summed E-state index contributed by atoms with van der Waals surface area (Å²) in [6, 6.07) is 0. The first kappa shape index (κ1) is 29.6. The van der Waals surface area contributed by atoms with Crippen molar-refractivity contribution in [2.75, 3.05) is 6.67 Å². The molecule has 0 aliphatic rings. The Labute approximate surface area is 154 Å². The van der Waals surface area contributed by atoms with Gasteiger partial charge < -0.3 is 0 Å². The molecule has 0 aromatic carbocycles. The van der Waals surface area contributed by atoms with E-state index in [1.807, 2.05) is 0 Å². The Kier molecular flexibility index (Phi) is 6.95. The SMILES string of the molecule is FCC(F)(F)OC(F)(C(F)(F)F)C(F)(F)C(F)(F)C(F)(F)C(F)(F)C(F)(F)C(F)(F)F. The first-order chi connectivity index (χ1) is 13.0. The summed E-state index contributed by atoms with van der Waals surface area (Å²) in [6.45, 7) is -3.75. The van der Waals surface area contributed by atoms with E-state index in [4.69, 9.17) is 0 Å². The Hall–Kier alpha value is -1.44. The maximum atomic E-state index is 13.5. The van der Waals surface area contributed by atoms with Gasteiger partial charge in [0.05, 0.1) is 0 Å². The average Bonchev–Trinajstić information content (AvgIpc) is 2.51. The minimum atomic E-state index is -8.96. The van der Waals surface area contributed by atoms with E-state index >= 15 is 0 Å². The van der Waals surface area contributed by atoms with Crippen molar-refractivity contribution < 1.29 is 92.5 Å². The van der Waals surface area contributed by atoms with Gasteiger partial charge in [-0.3, -0.25) is 4.74 Å². The van der Waals surface area contributed by atoms with Crippen molar-refractivity contribution >= 4 is 0 Å². The number of hydrogen-bond donors (Lipinski definition) is 0. The van der Waals surface area contributed by atoms with Crippen molar-refractivity contribution in [2.24, 2.45) is 0 Å². The zero-order chi connectivity index (χ0) is 25.9. The van der Waals surface area contributed by atoms with E-state index in [1.165, 1.54) is 4.74 Å². The van der Waals surface area contributed by atoms with Crippen LogP contribution in [0, 0.1) is 0 Å². The summed E-state index contributed by atoms with van der Waals surface area (Å²) in [7, 11) is 0. The van der Waals surface area contributed by atoms with Crippen molar-refractivity contribution in [1.82, 2.24) is 0 Å². The van der Waals surface area contributed by atoms with Crippen molar-refractivity contribution in [3.63, 3.8) is 0 Å². The average molecular weight is 518 g/mol. The predicted molar refractivity (Wildman–Crippen MR) is 52.7 cm³/mol. The second-order valence-corrected chi connectivity index (χ2v) is 5.34. The van der Waals surface area contributed by atoms with Crippen LogP contribution in [0.2, 0.25) is 0 Å². The Bertz CT molecular complexity index is 641. The Morgan fingerprint density at radius 2 is 0.677 bits per heavy atom.